The molecule has 2 saturated heterocycles. The Bertz CT molecular complexity index is 1760. The summed E-state index contributed by atoms with van der Waals surface area (Å²) in [6, 6.07) is 11.6. The summed E-state index contributed by atoms with van der Waals surface area (Å²) in [6.45, 7) is 7.07. The second-order valence-corrected chi connectivity index (χ2v) is 11.8. The maximum absolute atomic E-state index is 16.5. The molecular formula is C32H34FN7O2. The third-order valence-corrected chi connectivity index (χ3v) is 8.18. The van der Waals surface area contributed by atoms with Gasteiger partial charge in [0.2, 0.25) is 0 Å². The summed E-state index contributed by atoms with van der Waals surface area (Å²) in [5.74, 6) is 1.53. The van der Waals surface area contributed by atoms with Crippen molar-refractivity contribution >= 4 is 27.5 Å². The predicted molar refractivity (Wildman–Crippen MR) is 160 cm³/mol. The van der Waals surface area contributed by atoms with Crippen LogP contribution >= 0.6 is 0 Å². The van der Waals surface area contributed by atoms with Crippen molar-refractivity contribution in [3.63, 3.8) is 0 Å². The molecular weight excluding hydrogens is 533 g/mol. The van der Waals surface area contributed by atoms with Crippen LogP contribution < -0.4 is 15.0 Å². The van der Waals surface area contributed by atoms with Gasteiger partial charge in [-0.15, -0.1) is 0 Å². The Labute approximate surface area is 243 Å². The molecule has 2 N–H and O–H groups in total. The summed E-state index contributed by atoms with van der Waals surface area (Å²) in [7, 11) is 0. The number of hydrogen-bond acceptors (Lipinski definition) is 8. The highest BCUT2D eigenvalue weighted by Crippen LogP contribution is 2.37. The van der Waals surface area contributed by atoms with Gasteiger partial charge in [0.25, 0.3) is 0 Å². The van der Waals surface area contributed by atoms with Gasteiger partial charge < -0.3 is 24.6 Å². The van der Waals surface area contributed by atoms with Crippen molar-refractivity contribution in [2.45, 2.75) is 51.7 Å². The number of aromatic hydroxyl groups is 1. The number of rotatable bonds is 8. The molecule has 2 aromatic carbocycles. The number of anilines is 1. The largest absolute Gasteiger partial charge is 0.508 e. The Morgan fingerprint density at radius 2 is 1.88 bits per heavy atom. The molecule has 0 spiro atoms. The van der Waals surface area contributed by atoms with Crippen LogP contribution in [-0.2, 0) is 13.0 Å². The Hall–Kier alpha value is -4.31. The number of phenols is 1. The Balaban J connectivity index is 1.28. The molecule has 42 heavy (non-hydrogen) atoms. The lowest BCUT2D eigenvalue weighted by molar-refractivity contribution is 0.292. The van der Waals surface area contributed by atoms with E-state index in [2.05, 4.69) is 43.6 Å². The van der Waals surface area contributed by atoms with Gasteiger partial charge in [-0.2, -0.15) is 9.97 Å². The number of nitrogens with zero attached hydrogens (tertiary/aromatic N) is 6. The molecule has 7 rings (SSSR count). The molecule has 0 saturated carbocycles. The first kappa shape index (κ1) is 26.6. The lowest BCUT2D eigenvalue weighted by Gasteiger charge is -2.34. The van der Waals surface area contributed by atoms with Crippen molar-refractivity contribution in [1.29, 1.82) is 0 Å². The van der Waals surface area contributed by atoms with Gasteiger partial charge in [-0.3, -0.25) is 4.98 Å². The van der Waals surface area contributed by atoms with Crippen molar-refractivity contribution in [3.8, 4) is 23.0 Å². The molecule has 0 amide bonds. The molecule has 2 aliphatic heterocycles. The van der Waals surface area contributed by atoms with E-state index in [1.165, 1.54) is 0 Å². The summed E-state index contributed by atoms with van der Waals surface area (Å²) in [4.78, 5) is 20.7. The van der Waals surface area contributed by atoms with Crippen LogP contribution in [0.4, 0.5) is 10.2 Å². The summed E-state index contributed by atoms with van der Waals surface area (Å²) < 4.78 is 24.7. The van der Waals surface area contributed by atoms with E-state index in [-0.39, 0.29) is 23.0 Å². The van der Waals surface area contributed by atoms with Gasteiger partial charge >= 0.3 is 6.01 Å². The van der Waals surface area contributed by atoms with Crippen LogP contribution in [0.15, 0.2) is 55.0 Å². The van der Waals surface area contributed by atoms with E-state index in [0.717, 1.165) is 49.1 Å². The number of halogens is 1. The van der Waals surface area contributed by atoms with E-state index < -0.39 is 5.82 Å². The first-order valence-corrected chi connectivity index (χ1v) is 14.6. The summed E-state index contributed by atoms with van der Waals surface area (Å²) in [5, 5.41) is 16.2. The molecule has 2 bridgehead atoms. The molecule has 3 aromatic heterocycles. The molecule has 2 atom stereocenters. The van der Waals surface area contributed by atoms with Gasteiger partial charge in [-0.05, 0) is 41.7 Å². The van der Waals surface area contributed by atoms with Gasteiger partial charge in [0, 0.05) is 62.3 Å². The standard InChI is InChI=1S/C32H34FN7O2/c1-19(2)16-39-11-10-34-27(39)9-12-42-32-37-30-26(31(38-32)40-17-21-7-8-22(18-40)36-21)15-35-29(28(30)33)25-14-23(41)13-20-5-3-4-6-24(20)25/h3-6,10-11,13-15,19,21-22,36,41H,7-9,12,16-18H2,1-2H3. The zero-order chi connectivity index (χ0) is 28.8. The Kier molecular flexibility index (Phi) is 6.85. The zero-order valence-corrected chi connectivity index (χ0v) is 23.8. The fraction of sp³-hybridized carbons (Fsp3) is 0.375. The quantitative estimate of drug-likeness (QED) is 0.267. The second kappa shape index (κ2) is 10.8. The fourth-order valence-corrected chi connectivity index (χ4v) is 6.34. The molecule has 9 nitrogen and oxygen atoms in total. The van der Waals surface area contributed by atoms with Crippen molar-refractivity contribution in [2.75, 3.05) is 24.6 Å². The maximum Gasteiger partial charge on any atom is 0.319 e. The minimum atomic E-state index is -0.567. The van der Waals surface area contributed by atoms with Crippen LogP contribution in [0.2, 0.25) is 0 Å². The molecule has 2 fully saturated rings. The van der Waals surface area contributed by atoms with E-state index in [1.54, 1.807) is 24.5 Å². The highest BCUT2D eigenvalue weighted by atomic mass is 19.1. The van der Waals surface area contributed by atoms with Crippen molar-refractivity contribution < 1.29 is 14.2 Å². The topological polar surface area (TPSA) is 101 Å². The third-order valence-electron chi connectivity index (χ3n) is 8.18. The van der Waals surface area contributed by atoms with Gasteiger partial charge in [0.15, 0.2) is 5.82 Å². The highest BCUT2D eigenvalue weighted by molar-refractivity contribution is 5.99. The average molecular weight is 568 g/mol. The van der Waals surface area contributed by atoms with Crippen LogP contribution in [0, 0.1) is 11.7 Å². The SMILES string of the molecule is CC(C)Cn1ccnc1CCOc1nc(N2CC3CCC(C2)N3)c2cnc(-c3cc(O)cc4ccccc34)c(F)c2n1. The molecule has 2 unspecified atom stereocenters. The minimum absolute atomic E-state index is 0.0458. The van der Waals surface area contributed by atoms with E-state index in [4.69, 9.17) is 9.72 Å². The number of fused-ring (bicyclic) bond motifs is 4. The normalized spacial score (nSPS) is 18.4. The summed E-state index contributed by atoms with van der Waals surface area (Å²) >= 11 is 0. The number of ether oxygens (including phenoxy) is 1. The molecule has 5 aromatic rings. The first-order chi connectivity index (χ1) is 20.4. The van der Waals surface area contributed by atoms with Crippen molar-refractivity contribution in [3.05, 3.63) is 66.6 Å². The maximum atomic E-state index is 16.5. The van der Waals surface area contributed by atoms with Crippen molar-refractivity contribution in [2.24, 2.45) is 5.92 Å². The number of benzene rings is 2. The van der Waals surface area contributed by atoms with Crippen LogP contribution in [-0.4, -0.2) is 61.4 Å². The number of aromatic nitrogens is 5. The predicted octanol–water partition coefficient (Wildman–Crippen LogP) is 5.10. The first-order valence-electron chi connectivity index (χ1n) is 14.6. The van der Waals surface area contributed by atoms with Crippen LogP contribution in [0.3, 0.4) is 0 Å². The van der Waals surface area contributed by atoms with E-state index in [1.807, 2.05) is 30.5 Å². The molecule has 10 heteroatoms. The smallest absolute Gasteiger partial charge is 0.319 e. The molecule has 216 valence electrons. The number of phenolic OH excluding ortho intramolecular Hbond substituents is 1. The van der Waals surface area contributed by atoms with E-state index >= 15 is 4.39 Å². The third kappa shape index (κ3) is 5.00. The van der Waals surface area contributed by atoms with Gasteiger partial charge in [-0.1, -0.05) is 38.1 Å². The molecule has 0 radical (unpaired) electrons. The van der Waals surface area contributed by atoms with Crippen LogP contribution in [0.25, 0.3) is 32.9 Å². The summed E-state index contributed by atoms with van der Waals surface area (Å²) in [5.41, 5.74) is 0.783. The number of piperazine rings is 1. The highest BCUT2D eigenvalue weighted by Gasteiger charge is 2.34. The van der Waals surface area contributed by atoms with Crippen LogP contribution in [0.5, 0.6) is 11.8 Å². The lowest BCUT2D eigenvalue weighted by Crippen LogP contribution is -2.51. The van der Waals surface area contributed by atoms with E-state index in [9.17, 15) is 5.11 Å². The Morgan fingerprint density at radius 3 is 2.69 bits per heavy atom. The average Bonchev–Trinajstić information content (AvgIpc) is 3.56. The molecule has 0 aliphatic carbocycles. The molecule has 5 heterocycles. The van der Waals surface area contributed by atoms with Gasteiger partial charge in [0.1, 0.15) is 28.6 Å². The Morgan fingerprint density at radius 1 is 1.07 bits per heavy atom. The number of nitrogens with one attached hydrogen (secondary N) is 1. The fourth-order valence-electron chi connectivity index (χ4n) is 6.34. The summed E-state index contributed by atoms with van der Waals surface area (Å²) in [6.07, 6.45) is 8.23. The second-order valence-electron chi connectivity index (χ2n) is 11.8. The van der Waals surface area contributed by atoms with Crippen molar-refractivity contribution in [1.82, 2.24) is 29.8 Å². The number of pyridine rings is 1. The number of hydrogen-bond donors (Lipinski definition) is 2. The zero-order valence-electron chi connectivity index (χ0n) is 23.8. The monoisotopic (exact) mass is 567 g/mol. The molecule has 2 aliphatic rings. The minimum Gasteiger partial charge on any atom is -0.508 e. The van der Waals surface area contributed by atoms with Gasteiger partial charge in [0.05, 0.1) is 12.0 Å². The van der Waals surface area contributed by atoms with E-state index in [0.29, 0.717) is 47.8 Å². The number of imidazole rings is 1. The van der Waals surface area contributed by atoms with Gasteiger partial charge in [-0.25, -0.2) is 9.37 Å². The van der Waals surface area contributed by atoms with Crippen LogP contribution in [0.1, 0.15) is 32.5 Å². The lowest BCUT2D eigenvalue weighted by atomic mass is 10.0.